The average molecular weight is 389 g/mol. The summed E-state index contributed by atoms with van der Waals surface area (Å²) in [5.41, 5.74) is 1.07. The van der Waals surface area contributed by atoms with Crippen molar-refractivity contribution in [2.45, 2.75) is 25.5 Å². The highest BCUT2D eigenvalue weighted by Crippen LogP contribution is 2.17. The lowest BCUT2D eigenvalue weighted by molar-refractivity contribution is -0.134. The second kappa shape index (κ2) is 7.40. The van der Waals surface area contributed by atoms with E-state index in [0.717, 1.165) is 12.8 Å². The first-order valence-electron chi connectivity index (χ1n) is 8.60. The number of para-hydroxylation sites is 2. The topological polar surface area (TPSA) is 90.5 Å². The third-order valence-corrected chi connectivity index (χ3v) is 4.66. The summed E-state index contributed by atoms with van der Waals surface area (Å²) in [6.45, 7) is 0.958. The molecule has 1 saturated heterocycles. The average Bonchev–Trinajstić information content (AvgIpc) is 2.99. The van der Waals surface area contributed by atoms with E-state index in [4.69, 9.17) is 20.8 Å². The van der Waals surface area contributed by atoms with Crippen molar-refractivity contribution in [1.29, 1.82) is 0 Å². The minimum absolute atomic E-state index is 0.0694. The molecule has 1 atom stereocenters. The molecule has 1 aromatic carbocycles. The fourth-order valence-electron chi connectivity index (χ4n) is 3.17. The largest absolute Gasteiger partial charge is 0.458 e. The SMILES string of the molecule is O=C(Cn1c(=O)oc2ccccc21)N1CCC[C@@H](Oc2ncc(Cl)cn2)C1. The molecule has 1 amide bonds. The van der Waals surface area contributed by atoms with Crippen LogP contribution in [0.3, 0.4) is 0 Å². The molecule has 0 radical (unpaired) electrons. The van der Waals surface area contributed by atoms with Gasteiger partial charge in [-0.1, -0.05) is 23.7 Å². The van der Waals surface area contributed by atoms with Crippen LogP contribution < -0.4 is 10.5 Å². The molecule has 8 nitrogen and oxygen atoms in total. The van der Waals surface area contributed by atoms with E-state index in [0.29, 0.717) is 29.2 Å². The Morgan fingerprint density at radius 2 is 2.07 bits per heavy atom. The number of carbonyl (C=O) groups is 1. The van der Waals surface area contributed by atoms with Gasteiger partial charge in [0.05, 0.1) is 29.5 Å². The van der Waals surface area contributed by atoms with Gasteiger partial charge in [-0.05, 0) is 25.0 Å². The molecule has 1 fully saturated rings. The van der Waals surface area contributed by atoms with Crippen LogP contribution in [0.4, 0.5) is 0 Å². The van der Waals surface area contributed by atoms with E-state index >= 15 is 0 Å². The van der Waals surface area contributed by atoms with Crippen molar-refractivity contribution in [3.63, 3.8) is 0 Å². The lowest BCUT2D eigenvalue weighted by atomic mass is 10.1. The van der Waals surface area contributed by atoms with E-state index in [2.05, 4.69) is 9.97 Å². The highest BCUT2D eigenvalue weighted by Gasteiger charge is 2.26. The van der Waals surface area contributed by atoms with E-state index in [-0.39, 0.29) is 24.6 Å². The Morgan fingerprint density at radius 1 is 1.30 bits per heavy atom. The molecular weight excluding hydrogens is 372 g/mol. The highest BCUT2D eigenvalue weighted by molar-refractivity contribution is 6.30. The van der Waals surface area contributed by atoms with Crippen LogP contribution in [0.2, 0.25) is 5.02 Å². The van der Waals surface area contributed by atoms with Gasteiger partial charge in [0.25, 0.3) is 0 Å². The molecule has 0 bridgehead atoms. The Bertz CT molecular complexity index is 1010. The minimum Gasteiger partial charge on any atom is -0.458 e. The smallest absolute Gasteiger partial charge is 0.420 e. The number of halogens is 1. The molecule has 0 saturated carbocycles. The van der Waals surface area contributed by atoms with Crippen molar-refractivity contribution >= 4 is 28.6 Å². The molecular formula is C18H17ClN4O4. The molecule has 1 aliphatic rings. The molecule has 3 aromatic rings. The van der Waals surface area contributed by atoms with E-state index in [1.807, 2.05) is 0 Å². The zero-order valence-electron chi connectivity index (χ0n) is 14.4. The minimum atomic E-state index is -0.538. The molecule has 27 heavy (non-hydrogen) atoms. The lowest BCUT2D eigenvalue weighted by Crippen LogP contribution is -2.46. The molecule has 4 rings (SSSR count). The number of rotatable bonds is 4. The van der Waals surface area contributed by atoms with Crippen molar-refractivity contribution in [2.75, 3.05) is 13.1 Å². The number of carbonyl (C=O) groups excluding carboxylic acids is 1. The van der Waals surface area contributed by atoms with Crippen LogP contribution in [0.5, 0.6) is 6.01 Å². The van der Waals surface area contributed by atoms with Gasteiger partial charge in [0.15, 0.2) is 5.58 Å². The van der Waals surface area contributed by atoms with E-state index in [1.165, 1.54) is 17.0 Å². The lowest BCUT2D eigenvalue weighted by Gasteiger charge is -2.32. The number of aromatic nitrogens is 3. The van der Waals surface area contributed by atoms with Gasteiger partial charge >= 0.3 is 11.8 Å². The van der Waals surface area contributed by atoms with E-state index in [1.54, 1.807) is 29.2 Å². The third kappa shape index (κ3) is 3.80. The first kappa shape index (κ1) is 17.5. The van der Waals surface area contributed by atoms with Crippen LogP contribution in [0.25, 0.3) is 11.1 Å². The molecule has 0 spiro atoms. The van der Waals surface area contributed by atoms with Crippen molar-refractivity contribution in [1.82, 2.24) is 19.4 Å². The van der Waals surface area contributed by atoms with Crippen LogP contribution in [-0.4, -0.2) is 44.5 Å². The summed E-state index contributed by atoms with van der Waals surface area (Å²) in [5.74, 6) is -0.696. The summed E-state index contributed by atoms with van der Waals surface area (Å²) in [5, 5.41) is 0.431. The Morgan fingerprint density at radius 3 is 2.89 bits per heavy atom. The first-order chi connectivity index (χ1) is 13.1. The second-order valence-electron chi connectivity index (χ2n) is 6.33. The van der Waals surface area contributed by atoms with Crippen molar-refractivity contribution < 1.29 is 13.9 Å². The van der Waals surface area contributed by atoms with Gasteiger partial charge in [0.1, 0.15) is 12.6 Å². The van der Waals surface area contributed by atoms with Crippen LogP contribution in [0.15, 0.2) is 45.9 Å². The number of fused-ring (bicyclic) bond motifs is 1. The number of amides is 1. The van der Waals surface area contributed by atoms with Gasteiger partial charge in [-0.15, -0.1) is 0 Å². The summed E-state index contributed by atoms with van der Waals surface area (Å²) in [4.78, 5) is 34.5. The van der Waals surface area contributed by atoms with E-state index in [9.17, 15) is 9.59 Å². The molecule has 1 aliphatic heterocycles. The van der Waals surface area contributed by atoms with Crippen LogP contribution >= 0.6 is 11.6 Å². The molecule has 140 valence electrons. The number of nitrogens with zero attached hydrogens (tertiary/aromatic N) is 4. The first-order valence-corrected chi connectivity index (χ1v) is 8.98. The summed E-state index contributed by atoms with van der Waals surface area (Å²) in [6, 6.07) is 7.27. The third-order valence-electron chi connectivity index (χ3n) is 4.47. The predicted molar refractivity (Wildman–Crippen MR) is 97.7 cm³/mol. The molecule has 2 aromatic heterocycles. The van der Waals surface area contributed by atoms with Gasteiger partial charge in [-0.25, -0.2) is 14.8 Å². The molecule has 9 heteroatoms. The highest BCUT2D eigenvalue weighted by atomic mass is 35.5. The van der Waals surface area contributed by atoms with Gasteiger partial charge in [-0.2, -0.15) is 0 Å². The van der Waals surface area contributed by atoms with Gasteiger partial charge in [0.2, 0.25) is 5.91 Å². The molecule has 0 N–H and O–H groups in total. The number of oxazole rings is 1. The number of benzene rings is 1. The fraction of sp³-hybridized carbons (Fsp3) is 0.333. The standard InChI is InChI=1S/C18H17ClN4O4/c19-12-8-20-17(21-9-12)26-13-4-3-7-22(10-13)16(24)11-23-14-5-1-2-6-15(14)27-18(23)25/h1-2,5-6,8-9,13H,3-4,7,10-11H2/t13-/m1/s1. The summed E-state index contributed by atoms with van der Waals surface area (Å²) in [6.07, 6.45) is 4.31. The Labute approximate surface area is 159 Å². The number of piperidine rings is 1. The quantitative estimate of drug-likeness (QED) is 0.679. The van der Waals surface area contributed by atoms with Crippen molar-refractivity contribution in [2.24, 2.45) is 0 Å². The number of hydrogen-bond donors (Lipinski definition) is 0. The maximum Gasteiger partial charge on any atom is 0.420 e. The van der Waals surface area contributed by atoms with Gasteiger partial charge < -0.3 is 14.1 Å². The fourth-order valence-corrected chi connectivity index (χ4v) is 3.27. The molecule has 0 aliphatic carbocycles. The molecule has 3 heterocycles. The number of ether oxygens (including phenoxy) is 1. The Hall–Kier alpha value is -2.87. The normalized spacial score (nSPS) is 17.2. The van der Waals surface area contributed by atoms with E-state index < -0.39 is 5.76 Å². The predicted octanol–water partition coefficient (Wildman–Crippen LogP) is 2.11. The zero-order valence-corrected chi connectivity index (χ0v) is 15.1. The van der Waals surface area contributed by atoms with Crippen molar-refractivity contribution in [3.05, 3.63) is 52.2 Å². The zero-order chi connectivity index (χ0) is 18.8. The van der Waals surface area contributed by atoms with Crippen LogP contribution in [0.1, 0.15) is 12.8 Å². The summed E-state index contributed by atoms with van der Waals surface area (Å²) < 4.78 is 12.3. The monoisotopic (exact) mass is 388 g/mol. The van der Waals surface area contributed by atoms with Crippen molar-refractivity contribution in [3.8, 4) is 6.01 Å². The Kier molecular flexibility index (Phi) is 4.81. The summed E-state index contributed by atoms with van der Waals surface area (Å²) >= 11 is 5.77. The molecule has 0 unspecified atom stereocenters. The van der Waals surface area contributed by atoms with Gasteiger partial charge in [0, 0.05) is 6.54 Å². The maximum absolute atomic E-state index is 12.7. The number of hydrogen-bond acceptors (Lipinski definition) is 6. The second-order valence-corrected chi connectivity index (χ2v) is 6.76. The van der Waals surface area contributed by atoms with Crippen LogP contribution in [-0.2, 0) is 11.3 Å². The van der Waals surface area contributed by atoms with Gasteiger partial charge in [-0.3, -0.25) is 9.36 Å². The number of likely N-dealkylation sites (tertiary alicyclic amines) is 1. The maximum atomic E-state index is 12.7. The summed E-state index contributed by atoms with van der Waals surface area (Å²) in [7, 11) is 0. The van der Waals surface area contributed by atoms with Crippen LogP contribution in [0, 0.1) is 0 Å². The Balaban J connectivity index is 1.44.